The van der Waals surface area contributed by atoms with Crippen LogP contribution >= 0.6 is 0 Å². The summed E-state index contributed by atoms with van der Waals surface area (Å²) in [6, 6.07) is -1.17. The molecule has 0 rings (SSSR count). The molecule has 0 aromatic heterocycles. The summed E-state index contributed by atoms with van der Waals surface area (Å²) in [5.41, 5.74) is 0. The Balaban J connectivity index is 4.61. The first-order valence-corrected chi connectivity index (χ1v) is 10.5. The third-order valence-electron chi connectivity index (χ3n) is 4.32. The topological polar surface area (TPSA) is 108 Å². The van der Waals surface area contributed by atoms with Gasteiger partial charge in [0.2, 0.25) is 17.7 Å². The molecule has 0 radical (unpaired) electrons. The standard InChI is InChI=1S/C21H41N3O4/c1-13(2)8-9-22-21(28)16(7)23-20(27)12-18(25)17(10-14(3)4)24-19(26)11-15(5)6/h13-18,25H,8-12H2,1-7H3,(H,22,28)(H,23,27)(H,24,26)/t16-,17?,18+/m1/s1. The fourth-order valence-electron chi connectivity index (χ4n) is 2.79. The third-order valence-corrected chi connectivity index (χ3v) is 4.32. The van der Waals surface area contributed by atoms with Gasteiger partial charge in [0.25, 0.3) is 0 Å². The molecular weight excluding hydrogens is 358 g/mol. The highest BCUT2D eigenvalue weighted by atomic mass is 16.3. The van der Waals surface area contributed by atoms with Crippen LogP contribution in [0.25, 0.3) is 0 Å². The monoisotopic (exact) mass is 399 g/mol. The fourth-order valence-corrected chi connectivity index (χ4v) is 2.79. The van der Waals surface area contributed by atoms with E-state index in [1.54, 1.807) is 6.92 Å². The molecule has 0 aromatic rings. The lowest BCUT2D eigenvalue weighted by Crippen LogP contribution is -2.49. The number of carbonyl (C=O) groups excluding carboxylic acids is 3. The summed E-state index contributed by atoms with van der Waals surface area (Å²) in [5, 5.41) is 18.8. The Labute approximate surface area is 170 Å². The van der Waals surface area contributed by atoms with Gasteiger partial charge < -0.3 is 21.1 Å². The van der Waals surface area contributed by atoms with Crippen LogP contribution in [0, 0.1) is 17.8 Å². The van der Waals surface area contributed by atoms with Crippen molar-refractivity contribution < 1.29 is 19.5 Å². The minimum Gasteiger partial charge on any atom is -0.390 e. The van der Waals surface area contributed by atoms with Gasteiger partial charge in [-0.05, 0) is 37.5 Å². The van der Waals surface area contributed by atoms with E-state index in [0.29, 0.717) is 25.3 Å². The lowest BCUT2D eigenvalue weighted by atomic mass is 9.96. The first kappa shape index (κ1) is 26.4. The molecule has 0 saturated heterocycles. The van der Waals surface area contributed by atoms with E-state index in [2.05, 4.69) is 29.8 Å². The van der Waals surface area contributed by atoms with Crippen LogP contribution in [0.15, 0.2) is 0 Å². The van der Waals surface area contributed by atoms with Gasteiger partial charge >= 0.3 is 0 Å². The van der Waals surface area contributed by atoms with E-state index < -0.39 is 24.1 Å². The minimum atomic E-state index is -1.00. The van der Waals surface area contributed by atoms with E-state index in [0.717, 1.165) is 6.42 Å². The van der Waals surface area contributed by atoms with Gasteiger partial charge in [-0.15, -0.1) is 0 Å². The zero-order valence-electron chi connectivity index (χ0n) is 18.7. The average Bonchev–Trinajstić information content (AvgIpc) is 2.52. The lowest BCUT2D eigenvalue weighted by Gasteiger charge is -2.26. The van der Waals surface area contributed by atoms with Gasteiger partial charge in [0.1, 0.15) is 6.04 Å². The number of hydrogen-bond donors (Lipinski definition) is 4. The minimum absolute atomic E-state index is 0.127. The summed E-state index contributed by atoms with van der Waals surface area (Å²) in [6.07, 6.45) is 0.653. The molecule has 28 heavy (non-hydrogen) atoms. The van der Waals surface area contributed by atoms with Crippen molar-refractivity contribution in [2.45, 2.75) is 92.3 Å². The molecule has 0 fully saturated rings. The summed E-state index contributed by atoms with van der Waals surface area (Å²) < 4.78 is 0. The molecule has 0 aliphatic carbocycles. The second-order valence-electron chi connectivity index (χ2n) is 8.94. The first-order chi connectivity index (χ1) is 12.9. The van der Waals surface area contributed by atoms with Gasteiger partial charge in [0.15, 0.2) is 0 Å². The van der Waals surface area contributed by atoms with Crippen LogP contribution < -0.4 is 16.0 Å². The molecule has 0 spiro atoms. The number of hydrogen-bond acceptors (Lipinski definition) is 4. The molecule has 1 unspecified atom stereocenters. The van der Waals surface area contributed by atoms with Crippen LogP contribution in [-0.2, 0) is 14.4 Å². The van der Waals surface area contributed by atoms with Crippen LogP contribution in [0.1, 0.15) is 74.1 Å². The SMILES string of the molecule is CC(C)CCNC(=O)[C@@H](C)NC(=O)C[C@H](O)C(CC(C)C)NC(=O)CC(C)C. The molecule has 7 nitrogen and oxygen atoms in total. The number of nitrogens with one attached hydrogen (secondary N) is 3. The van der Waals surface area contributed by atoms with Crippen molar-refractivity contribution in [3.63, 3.8) is 0 Å². The fraction of sp³-hybridized carbons (Fsp3) is 0.857. The second-order valence-corrected chi connectivity index (χ2v) is 8.94. The summed E-state index contributed by atoms with van der Waals surface area (Å²) in [5.74, 6) is 0.184. The Bertz CT molecular complexity index is 492. The zero-order valence-corrected chi connectivity index (χ0v) is 18.7. The van der Waals surface area contributed by atoms with Crippen LogP contribution in [-0.4, -0.2) is 47.6 Å². The smallest absolute Gasteiger partial charge is 0.242 e. The molecule has 0 heterocycles. The van der Waals surface area contributed by atoms with Gasteiger partial charge in [-0.2, -0.15) is 0 Å². The molecule has 4 N–H and O–H groups in total. The van der Waals surface area contributed by atoms with Crippen LogP contribution in [0.3, 0.4) is 0 Å². The molecular formula is C21H41N3O4. The van der Waals surface area contributed by atoms with E-state index in [4.69, 9.17) is 0 Å². The maximum atomic E-state index is 12.2. The molecule has 3 amide bonds. The number of aliphatic hydroxyl groups is 1. The van der Waals surface area contributed by atoms with Crippen LogP contribution in [0.4, 0.5) is 0 Å². The Morgan fingerprint density at radius 1 is 0.786 bits per heavy atom. The molecule has 164 valence electrons. The Kier molecular flexibility index (Phi) is 12.7. The van der Waals surface area contributed by atoms with Gasteiger partial charge in [0.05, 0.1) is 18.6 Å². The normalized spacial score (nSPS) is 14.7. The average molecular weight is 400 g/mol. The molecule has 0 bridgehead atoms. The number of rotatable bonds is 13. The molecule has 7 heteroatoms. The Morgan fingerprint density at radius 2 is 1.36 bits per heavy atom. The summed E-state index contributed by atoms with van der Waals surface area (Å²) in [6.45, 7) is 14.2. The van der Waals surface area contributed by atoms with E-state index in [9.17, 15) is 19.5 Å². The lowest BCUT2D eigenvalue weighted by molar-refractivity contribution is -0.130. The maximum Gasteiger partial charge on any atom is 0.242 e. The predicted octanol–water partition coefficient (Wildman–Crippen LogP) is 1.98. The van der Waals surface area contributed by atoms with Gasteiger partial charge in [-0.3, -0.25) is 14.4 Å². The van der Waals surface area contributed by atoms with E-state index in [-0.39, 0.29) is 30.1 Å². The van der Waals surface area contributed by atoms with E-state index in [1.165, 1.54) is 0 Å². The highest BCUT2D eigenvalue weighted by Crippen LogP contribution is 2.12. The predicted molar refractivity (Wildman–Crippen MR) is 112 cm³/mol. The molecule has 0 aromatic carbocycles. The quantitative estimate of drug-likeness (QED) is 0.380. The molecule has 0 saturated carbocycles. The Morgan fingerprint density at radius 3 is 1.86 bits per heavy atom. The highest BCUT2D eigenvalue weighted by Gasteiger charge is 2.26. The first-order valence-electron chi connectivity index (χ1n) is 10.5. The van der Waals surface area contributed by atoms with Gasteiger partial charge in [-0.25, -0.2) is 0 Å². The Hall–Kier alpha value is -1.63. The van der Waals surface area contributed by atoms with Crippen LogP contribution in [0.2, 0.25) is 0 Å². The summed E-state index contributed by atoms with van der Waals surface area (Å²) in [7, 11) is 0. The largest absolute Gasteiger partial charge is 0.390 e. The number of amides is 3. The maximum absolute atomic E-state index is 12.2. The van der Waals surface area contributed by atoms with Crippen molar-refractivity contribution in [3.05, 3.63) is 0 Å². The summed E-state index contributed by atoms with van der Waals surface area (Å²) >= 11 is 0. The number of carbonyl (C=O) groups is 3. The van der Waals surface area contributed by atoms with Gasteiger partial charge in [0, 0.05) is 13.0 Å². The van der Waals surface area contributed by atoms with Crippen molar-refractivity contribution in [2.75, 3.05) is 6.54 Å². The van der Waals surface area contributed by atoms with Crippen molar-refractivity contribution in [1.29, 1.82) is 0 Å². The highest BCUT2D eigenvalue weighted by molar-refractivity contribution is 5.87. The van der Waals surface area contributed by atoms with Crippen molar-refractivity contribution >= 4 is 17.7 Å². The van der Waals surface area contributed by atoms with Crippen LogP contribution in [0.5, 0.6) is 0 Å². The molecule has 3 atom stereocenters. The summed E-state index contributed by atoms with van der Waals surface area (Å²) in [4.78, 5) is 36.3. The van der Waals surface area contributed by atoms with Crippen molar-refractivity contribution in [3.8, 4) is 0 Å². The van der Waals surface area contributed by atoms with Crippen molar-refractivity contribution in [1.82, 2.24) is 16.0 Å². The van der Waals surface area contributed by atoms with Gasteiger partial charge in [-0.1, -0.05) is 41.5 Å². The second kappa shape index (κ2) is 13.5. The third kappa shape index (κ3) is 12.7. The molecule has 0 aliphatic rings. The zero-order chi connectivity index (χ0) is 21.9. The van der Waals surface area contributed by atoms with E-state index >= 15 is 0 Å². The van der Waals surface area contributed by atoms with E-state index in [1.807, 2.05) is 27.7 Å². The number of aliphatic hydroxyl groups excluding tert-OH is 1. The van der Waals surface area contributed by atoms with Crippen molar-refractivity contribution in [2.24, 2.45) is 17.8 Å². The molecule has 0 aliphatic heterocycles.